The predicted octanol–water partition coefficient (Wildman–Crippen LogP) is 0.0256. The molecule has 1 saturated heterocycles. The third-order valence-corrected chi connectivity index (χ3v) is 3.59. The first-order chi connectivity index (χ1) is 10.2. The molecule has 0 aromatic carbocycles. The number of aliphatic hydroxyl groups excluding tert-OH is 2. The third kappa shape index (κ3) is 2.23. The van der Waals surface area contributed by atoms with Crippen molar-refractivity contribution < 1.29 is 14.9 Å². The second kappa shape index (κ2) is 5.33. The monoisotopic (exact) mass is 288 g/mol. The van der Waals surface area contributed by atoms with E-state index in [2.05, 4.69) is 21.8 Å². The van der Waals surface area contributed by atoms with Crippen molar-refractivity contribution in [2.45, 2.75) is 31.8 Å². The summed E-state index contributed by atoms with van der Waals surface area (Å²) in [6.07, 6.45) is 1.83. The Morgan fingerprint density at radius 3 is 3.00 bits per heavy atom. The van der Waals surface area contributed by atoms with Crippen molar-refractivity contribution in [1.29, 1.82) is 0 Å². The highest BCUT2D eigenvalue weighted by atomic mass is 16.5. The summed E-state index contributed by atoms with van der Waals surface area (Å²) in [5, 5.41) is 19.7. The Hall–Kier alpha value is -2.14. The maximum atomic E-state index is 9.87. The molecule has 1 aliphatic heterocycles. The molecule has 2 aromatic rings. The van der Waals surface area contributed by atoms with Gasteiger partial charge in [-0.25, -0.2) is 9.97 Å². The minimum absolute atomic E-state index is 0.227. The Bertz CT molecular complexity index is 731. The zero-order chi connectivity index (χ0) is 15.0. The molecular weight excluding hydrogens is 272 g/mol. The summed E-state index contributed by atoms with van der Waals surface area (Å²) in [7, 11) is 0. The van der Waals surface area contributed by atoms with E-state index in [-0.39, 0.29) is 6.61 Å². The Morgan fingerprint density at radius 2 is 2.33 bits per heavy atom. The Kier molecular flexibility index (Phi) is 3.51. The first kappa shape index (κ1) is 13.8. The van der Waals surface area contributed by atoms with Gasteiger partial charge in [0.2, 0.25) is 0 Å². The number of aliphatic hydroxyl groups is 2. The van der Waals surface area contributed by atoms with Crippen LogP contribution in [0.5, 0.6) is 0 Å². The number of ether oxygens (including phenoxy) is 1. The van der Waals surface area contributed by atoms with Crippen molar-refractivity contribution in [3.63, 3.8) is 0 Å². The minimum atomic E-state index is -0.711. The van der Waals surface area contributed by atoms with E-state index in [0.717, 1.165) is 5.56 Å². The molecule has 21 heavy (non-hydrogen) atoms. The minimum Gasteiger partial charge on any atom is -0.394 e. The van der Waals surface area contributed by atoms with Gasteiger partial charge in [-0.3, -0.25) is 0 Å². The van der Waals surface area contributed by atoms with E-state index in [9.17, 15) is 10.2 Å². The van der Waals surface area contributed by atoms with Crippen LogP contribution in [0.4, 0.5) is 5.82 Å². The van der Waals surface area contributed by atoms with Crippen molar-refractivity contribution in [2.24, 2.45) is 0 Å². The summed E-state index contributed by atoms with van der Waals surface area (Å²) < 4.78 is 7.45. The zero-order valence-corrected chi connectivity index (χ0v) is 11.5. The number of hydrogen-bond donors (Lipinski definition) is 3. The zero-order valence-electron chi connectivity index (χ0n) is 11.5. The number of aromatic nitrogens is 3. The molecule has 110 valence electrons. The largest absolute Gasteiger partial charge is 0.394 e. The lowest BCUT2D eigenvalue weighted by Gasteiger charge is -2.14. The summed E-state index contributed by atoms with van der Waals surface area (Å²) in [6.45, 7) is 1.51. The second-order valence-corrected chi connectivity index (χ2v) is 4.90. The first-order valence-electron chi connectivity index (χ1n) is 6.63. The number of nitrogens with zero attached hydrogens (tertiary/aromatic N) is 3. The lowest BCUT2D eigenvalue weighted by Crippen LogP contribution is -2.24. The molecule has 0 spiro atoms. The van der Waals surface area contributed by atoms with Crippen molar-refractivity contribution >= 4 is 16.9 Å². The molecule has 0 aliphatic carbocycles. The Morgan fingerprint density at radius 1 is 1.52 bits per heavy atom. The van der Waals surface area contributed by atoms with Gasteiger partial charge in [-0.15, -0.1) is 5.92 Å². The number of nitrogen functional groups attached to an aromatic ring is 1. The van der Waals surface area contributed by atoms with Crippen LogP contribution in [-0.4, -0.2) is 43.6 Å². The van der Waals surface area contributed by atoms with Crippen molar-refractivity contribution in [1.82, 2.24) is 14.5 Å². The van der Waals surface area contributed by atoms with Gasteiger partial charge in [0.25, 0.3) is 0 Å². The van der Waals surface area contributed by atoms with Gasteiger partial charge < -0.3 is 25.3 Å². The molecule has 1 aliphatic rings. The van der Waals surface area contributed by atoms with Crippen LogP contribution in [0.1, 0.15) is 25.1 Å². The Labute approximate surface area is 121 Å². The summed E-state index contributed by atoms with van der Waals surface area (Å²) in [5.41, 5.74) is 7.24. The van der Waals surface area contributed by atoms with Gasteiger partial charge in [-0.2, -0.15) is 0 Å². The van der Waals surface area contributed by atoms with E-state index in [1.165, 1.54) is 6.33 Å². The molecule has 4 N–H and O–H groups in total. The fourth-order valence-corrected chi connectivity index (χ4v) is 2.61. The molecule has 3 rings (SSSR count). The van der Waals surface area contributed by atoms with Crippen LogP contribution in [0.25, 0.3) is 11.0 Å². The fourth-order valence-electron chi connectivity index (χ4n) is 2.61. The summed E-state index contributed by atoms with van der Waals surface area (Å²) in [6, 6.07) is 0. The second-order valence-electron chi connectivity index (χ2n) is 4.90. The van der Waals surface area contributed by atoms with E-state index in [1.807, 2.05) is 0 Å². The molecule has 0 bridgehead atoms. The maximum Gasteiger partial charge on any atom is 0.148 e. The van der Waals surface area contributed by atoms with Crippen molar-refractivity contribution in [3.05, 3.63) is 18.1 Å². The number of anilines is 1. The number of fused-ring (bicyclic) bond motifs is 1. The molecule has 7 nitrogen and oxygen atoms in total. The van der Waals surface area contributed by atoms with Crippen LogP contribution in [-0.2, 0) is 4.74 Å². The SMILES string of the molecule is CC#Cc1cn([C@H]2C[C@H](O)[C@@H](CO)O2)c2ncnc(N)c12. The highest BCUT2D eigenvalue weighted by Gasteiger charge is 2.35. The molecule has 1 fully saturated rings. The van der Waals surface area contributed by atoms with E-state index in [1.54, 1.807) is 17.7 Å². The van der Waals surface area contributed by atoms with Gasteiger partial charge >= 0.3 is 0 Å². The van der Waals surface area contributed by atoms with Crippen molar-refractivity contribution in [2.75, 3.05) is 12.3 Å². The molecule has 2 aromatic heterocycles. The average Bonchev–Trinajstić information content (AvgIpc) is 3.01. The van der Waals surface area contributed by atoms with Crippen LogP contribution >= 0.6 is 0 Å². The van der Waals surface area contributed by atoms with Gasteiger partial charge in [-0.05, 0) is 6.92 Å². The molecule has 0 radical (unpaired) electrons. The topological polar surface area (TPSA) is 106 Å². The van der Waals surface area contributed by atoms with Crippen LogP contribution in [0.2, 0.25) is 0 Å². The summed E-state index contributed by atoms with van der Waals surface area (Å²) >= 11 is 0. The maximum absolute atomic E-state index is 9.87. The van der Waals surface area contributed by atoms with E-state index in [4.69, 9.17) is 10.5 Å². The molecule has 3 heterocycles. The van der Waals surface area contributed by atoms with Gasteiger partial charge in [0, 0.05) is 12.6 Å². The highest BCUT2D eigenvalue weighted by molar-refractivity contribution is 5.92. The fraction of sp³-hybridized carbons (Fsp3) is 0.429. The first-order valence-corrected chi connectivity index (χ1v) is 6.63. The Balaban J connectivity index is 2.11. The lowest BCUT2D eigenvalue weighted by atomic mass is 10.2. The molecule has 0 unspecified atom stereocenters. The van der Waals surface area contributed by atoms with Crippen LogP contribution in [0, 0.1) is 11.8 Å². The van der Waals surface area contributed by atoms with Gasteiger partial charge in [-0.1, -0.05) is 5.92 Å². The van der Waals surface area contributed by atoms with Gasteiger partial charge in [0.05, 0.1) is 23.7 Å². The quantitative estimate of drug-likeness (QED) is 0.673. The van der Waals surface area contributed by atoms with Crippen LogP contribution in [0.15, 0.2) is 12.5 Å². The highest BCUT2D eigenvalue weighted by Crippen LogP contribution is 2.33. The third-order valence-electron chi connectivity index (χ3n) is 3.59. The number of nitrogens with two attached hydrogens (primary N) is 1. The average molecular weight is 288 g/mol. The molecule has 0 amide bonds. The number of rotatable bonds is 2. The molecule has 7 heteroatoms. The number of hydrogen-bond acceptors (Lipinski definition) is 6. The summed E-state index contributed by atoms with van der Waals surface area (Å²) in [4.78, 5) is 8.24. The molecular formula is C14H16N4O3. The van der Waals surface area contributed by atoms with Crippen LogP contribution < -0.4 is 5.73 Å². The van der Waals surface area contributed by atoms with Gasteiger partial charge in [0.15, 0.2) is 0 Å². The van der Waals surface area contributed by atoms with E-state index in [0.29, 0.717) is 23.3 Å². The standard InChI is InChI=1S/C14H16N4O3/c1-2-3-8-5-18(11-4-9(20)10(6-19)21-11)14-12(8)13(15)16-7-17-14/h5,7,9-11,19-20H,4,6H2,1H3,(H2,15,16,17)/t9-,10+,11+/m0/s1. The van der Waals surface area contributed by atoms with E-state index >= 15 is 0 Å². The lowest BCUT2D eigenvalue weighted by molar-refractivity contribution is -0.0430. The van der Waals surface area contributed by atoms with Crippen LogP contribution in [0.3, 0.4) is 0 Å². The van der Waals surface area contributed by atoms with Gasteiger partial charge in [0.1, 0.15) is 30.1 Å². The molecule has 3 atom stereocenters. The smallest absolute Gasteiger partial charge is 0.148 e. The molecule has 0 saturated carbocycles. The summed E-state index contributed by atoms with van der Waals surface area (Å²) in [5.74, 6) is 6.16. The van der Waals surface area contributed by atoms with E-state index < -0.39 is 18.4 Å². The van der Waals surface area contributed by atoms with Crippen molar-refractivity contribution in [3.8, 4) is 11.8 Å². The normalized spacial score (nSPS) is 25.0. The predicted molar refractivity (Wildman–Crippen MR) is 76.1 cm³/mol.